The zero-order valence-corrected chi connectivity index (χ0v) is 13.1. The van der Waals surface area contributed by atoms with Gasteiger partial charge in [0.05, 0.1) is 4.90 Å². The number of benzene rings is 1. The second kappa shape index (κ2) is 5.47. The van der Waals surface area contributed by atoms with Gasteiger partial charge in [-0.15, -0.1) is 0 Å². The minimum Gasteiger partial charge on any atom is -0.454 e. The van der Waals surface area contributed by atoms with E-state index in [1.807, 2.05) is 14.1 Å². The molecule has 0 aromatic heterocycles. The molecule has 1 aromatic rings. The second-order valence-corrected chi connectivity index (χ2v) is 7.55. The van der Waals surface area contributed by atoms with E-state index in [9.17, 15) is 8.42 Å². The average Bonchev–Trinajstić information content (AvgIpc) is 2.94. The smallest absolute Gasteiger partial charge is 0.243 e. The van der Waals surface area contributed by atoms with Crippen molar-refractivity contribution in [1.82, 2.24) is 9.21 Å². The van der Waals surface area contributed by atoms with Crippen molar-refractivity contribution in [2.45, 2.75) is 23.8 Å². The Hall–Kier alpha value is -1.31. The molecular weight excluding hydrogens is 292 g/mol. The summed E-state index contributed by atoms with van der Waals surface area (Å²) in [6.45, 7) is 1.26. The van der Waals surface area contributed by atoms with Crippen LogP contribution in [0.4, 0.5) is 0 Å². The number of rotatable bonds is 3. The Morgan fingerprint density at radius 2 is 1.81 bits per heavy atom. The number of fused-ring (bicyclic) bond motifs is 1. The first kappa shape index (κ1) is 14.6. The maximum atomic E-state index is 12.7. The summed E-state index contributed by atoms with van der Waals surface area (Å²) in [5, 5.41) is 0. The van der Waals surface area contributed by atoms with E-state index in [0.29, 0.717) is 30.6 Å². The van der Waals surface area contributed by atoms with Gasteiger partial charge in [-0.1, -0.05) is 0 Å². The highest BCUT2D eigenvalue weighted by molar-refractivity contribution is 7.89. The molecule has 2 heterocycles. The van der Waals surface area contributed by atoms with Gasteiger partial charge in [-0.05, 0) is 39.1 Å². The maximum Gasteiger partial charge on any atom is 0.243 e. The molecule has 3 rings (SSSR count). The highest BCUT2D eigenvalue weighted by atomic mass is 32.2. The van der Waals surface area contributed by atoms with Crippen LogP contribution in [0.3, 0.4) is 0 Å². The maximum absolute atomic E-state index is 12.7. The summed E-state index contributed by atoms with van der Waals surface area (Å²) in [7, 11) is 0.615. The van der Waals surface area contributed by atoms with Gasteiger partial charge in [0, 0.05) is 25.2 Å². The van der Waals surface area contributed by atoms with Crippen LogP contribution >= 0.6 is 0 Å². The molecule has 1 fully saturated rings. The molecule has 21 heavy (non-hydrogen) atoms. The summed E-state index contributed by atoms with van der Waals surface area (Å²) in [5.74, 6) is 1.10. The summed E-state index contributed by atoms with van der Waals surface area (Å²) < 4.78 is 37.4. The van der Waals surface area contributed by atoms with E-state index in [2.05, 4.69) is 4.90 Å². The highest BCUT2D eigenvalue weighted by Gasteiger charge is 2.31. The molecule has 0 N–H and O–H groups in total. The monoisotopic (exact) mass is 312 g/mol. The Morgan fingerprint density at radius 1 is 1.14 bits per heavy atom. The van der Waals surface area contributed by atoms with Gasteiger partial charge in [0.15, 0.2) is 11.5 Å². The van der Waals surface area contributed by atoms with Crippen LogP contribution < -0.4 is 9.47 Å². The van der Waals surface area contributed by atoms with Crippen molar-refractivity contribution in [3.8, 4) is 11.5 Å². The van der Waals surface area contributed by atoms with E-state index in [1.54, 1.807) is 22.5 Å². The van der Waals surface area contributed by atoms with Gasteiger partial charge >= 0.3 is 0 Å². The lowest BCUT2D eigenvalue weighted by molar-refractivity contribution is 0.174. The van der Waals surface area contributed by atoms with Crippen LogP contribution in [0, 0.1) is 0 Å². The van der Waals surface area contributed by atoms with E-state index in [-0.39, 0.29) is 11.7 Å². The second-order valence-electron chi connectivity index (χ2n) is 5.61. The van der Waals surface area contributed by atoms with E-state index in [4.69, 9.17) is 9.47 Å². The summed E-state index contributed by atoms with van der Waals surface area (Å²) in [6.07, 6.45) is 1.72. The fourth-order valence-electron chi connectivity index (χ4n) is 2.79. The van der Waals surface area contributed by atoms with Gasteiger partial charge in [0.25, 0.3) is 0 Å². The van der Waals surface area contributed by atoms with Crippen LogP contribution in [-0.2, 0) is 10.0 Å². The first-order chi connectivity index (χ1) is 9.98. The molecule has 0 unspecified atom stereocenters. The summed E-state index contributed by atoms with van der Waals surface area (Å²) in [5.41, 5.74) is 0. The molecule has 0 bridgehead atoms. The third kappa shape index (κ3) is 2.73. The Labute approximate surface area is 125 Å². The van der Waals surface area contributed by atoms with Gasteiger partial charge in [0.2, 0.25) is 16.8 Å². The quantitative estimate of drug-likeness (QED) is 0.837. The standard InChI is InChI=1S/C14H20N2O4S/c1-15(2)11-5-7-16(8-6-11)21(17,18)12-3-4-13-14(9-12)20-10-19-13/h3-4,9,11H,5-8,10H2,1-2H3. The predicted octanol–water partition coefficient (Wildman–Crippen LogP) is 1.13. The van der Waals surface area contributed by atoms with E-state index in [1.165, 1.54) is 0 Å². The van der Waals surface area contributed by atoms with Gasteiger partial charge in [0.1, 0.15) is 0 Å². The van der Waals surface area contributed by atoms with Crippen molar-refractivity contribution in [3.05, 3.63) is 18.2 Å². The molecule has 1 aromatic carbocycles. The normalized spacial score (nSPS) is 20.1. The van der Waals surface area contributed by atoms with Crippen molar-refractivity contribution in [3.63, 3.8) is 0 Å². The van der Waals surface area contributed by atoms with Crippen molar-refractivity contribution in [2.75, 3.05) is 34.0 Å². The lowest BCUT2D eigenvalue weighted by Gasteiger charge is -2.34. The van der Waals surface area contributed by atoms with E-state index < -0.39 is 10.0 Å². The molecule has 7 heteroatoms. The van der Waals surface area contributed by atoms with Crippen LogP contribution in [0.15, 0.2) is 23.1 Å². The van der Waals surface area contributed by atoms with E-state index in [0.717, 1.165) is 12.8 Å². The fourth-order valence-corrected chi connectivity index (χ4v) is 4.27. The van der Waals surface area contributed by atoms with Gasteiger partial charge in [-0.2, -0.15) is 4.31 Å². The van der Waals surface area contributed by atoms with Crippen LogP contribution in [0.25, 0.3) is 0 Å². The Morgan fingerprint density at radius 3 is 2.48 bits per heavy atom. The van der Waals surface area contributed by atoms with Gasteiger partial charge in [-0.25, -0.2) is 8.42 Å². The molecule has 2 aliphatic heterocycles. The van der Waals surface area contributed by atoms with Crippen LogP contribution in [0.2, 0.25) is 0 Å². The molecule has 2 aliphatic rings. The molecular formula is C14H20N2O4S. The van der Waals surface area contributed by atoms with Crippen LogP contribution in [0.5, 0.6) is 11.5 Å². The average molecular weight is 312 g/mol. The molecule has 1 saturated heterocycles. The molecule has 0 atom stereocenters. The lowest BCUT2D eigenvalue weighted by atomic mass is 10.1. The number of hydrogen-bond acceptors (Lipinski definition) is 5. The summed E-state index contributed by atoms with van der Waals surface area (Å²) in [4.78, 5) is 2.43. The Balaban J connectivity index is 1.78. The third-order valence-electron chi connectivity index (χ3n) is 4.14. The molecule has 0 spiro atoms. The van der Waals surface area contributed by atoms with E-state index >= 15 is 0 Å². The Kier molecular flexibility index (Phi) is 3.81. The minimum absolute atomic E-state index is 0.146. The highest BCUT2D eigenvalue weighted by Crippen LogP contribution is 2.35. The minimum atomic E-state index is -3.45. The molecule has 0 saturated carbocycles. The van der Waals surface area contributed by atoms with Crippen LogP contribution in [0.1, 0.15) is 12.8 Å². The summed E-state index contributed by atoms with van der Waals surface area (Å²) >= 11 is 0. The van der Waals surface area contributed by atoms with Crippen molar-refractivity contribution < 1.29 is 17.9 Å². The first-order valence-electron chi connectivity index (χ1n) is 7.05. The zero-order valence-electron chi connectivity index (χ0n) is 12.3. The lowest BCUT2D eigenvalue weighted by Crippen LogP contribution is -2.44. The van der Waals surface area contributed by atoms with Crippen molar-refractivity contribution in [1.29, 1.82) is 0 Å². The number of piperidine rings is 1. The molecule has 6 nitrogen and oxygen atoms in total. The van der Waals surface area contributed by atoms with Crippen molar-refractivity contribution >= 4 is 10.0 Å². The topological polar surface area (TPSA) is 59.1 Å². The third-order valence-corrected chi connectivity index (χ3v) is 6.03. The molecule has 0 radical (unpaired) electrons. The predicted molar refractivity (Wildman–Crippen MR) is 78.0 cm³/mol. The number of ether oxygens (including phenoxy) is 2. The van der Waals surface area contributed by atoms with Crippen LogP contribution in [-0.4, -0.2) is 57.6 Å². The SMILES string of the molecule is CN(C)C1CCN(S(=O)(=O)c2ccc3c(c2)OCO3)CC1. The summed E-state index contributed by atoms with van der Waals surface area (Å²) in [6, 6.07) is 5.24. The number of hydrogen-bond donors (Lipinski definition) is 0. The largest absolute Gasteiger partial charge is 0.454 e. The van der Waals surface area contributed by atoms with Gasteiger partial charge < -0.3 is 14.4 Å². The number of sulfonamides is 1. The molecule has 116 valence electrons. The van der Waals surface area contributed by atoms with Gasteiger partial charge in [-0.3, -0.25) is 0 Å². The zero-order chi connectivity index (χ0) is 15.0. The fraction of sp³-hybridized carbons (Fsp3) is 0.571. The molecule has 0 amide bonds. The van der Waals surface area contributed by atoms with Crippen molar-refractivity contribution in [2.24, 2.45) is 0 Å². The number of nitrogens with zero attached hydrogens (tertiary/aromatic N) is 2. The first-order valence-corrected chi connectivity index (χ1v) is 8.49. The molecule has 0 aliphatic carbocycles. The Bertz CT molecular complexity index is 622.